The van der Waals surface area contributed by atoms with Crippen LogP contribution in [0.4, 0.5) is 5.69 Å². The highest BCUT2D eigenvalue weighted by molar-refractivity contribution is 6.36. The second-order valence-electron chi connectivity index (χ2n) is 5.43. The lowest BCUT2D eigenvalue weighted by atomic mass is 10.1. The average molecular weight is 443 g/mol. The number of halogens is 4. The van der Waals surface area contributed by atoms with Crippen molar-refractivity contribution < 1.29 is 14.6 Å². The topological polar surface area (TPSA) is 58.6 Å². The van der Waals surface area contributed by atoms with Crippen LogP contribution < -0.4 is 10.1 Å². The Hall–Kier alpha value is -2.11. The Morgan fingerprint density at radius 1 is 0.852 bits per heavy atom. The Labute approximate surface area is 175 Å². The van der Waals surface area contributed by atoms with Gasteiger partial charge in [-0.3, -0.25) is 4.79 Å². The fourth-order valence-corrected chi connectivity index (χ4v) is 3.04. The van der Waals surface area contributed by atoms with Gasteiger partial charge in [-0.05, 0) is 54.6 Å². The van der Waals surface area contributed by atoms with Gasteiger partial charge in [-0.1, -0.05) is 46.4 Å². The highest BCUT2D eigenvalue weighted by Crippen LogP contribution is 2.35. The number of hydrogen-bond donors (Lipinski definition) is 2. The molecule has 0 radical (unpaired) electrons. The average Bonchev–Trinajstić information content (AvgIpc) is 2.62. The van der Waals surface area contributed by atoms with Gasteiger partial charge in [0.2, 0.25) is 0 Å². The third-order valence-corrected chi connectivity index (χ3v) is 4.50. The van der Waals surface area contributed by atoms with Crippen molar-refractivity contribution in [2.45, 2.75) is 0 Å². The number of carbonyl (C=O) groups is 1. The summed E-state index contributed by atoms with van der Waals surface area (Å²) in [4.78, 5) is 12.6. The van der Waals surface area contributed by atoms with Gasteiger partial charge in [0.05, 0.1) is 16.3 Å². The molecule has 2 N–H and O–H groups in total. The van der Waals surface area contributed by atoms with E-state index in [0.29, 0.717) is 27.2 Å². The Morgan fingerprint density at radius 3 is 2.22 bits per heavy atom. The van der Waals surface area contributed by atoms with Gasteiger partial charge in [-0.25, -0.2) is 0 Å². The zero-order valence-corrected chi connectivity index (χ0v) is 16.5. The highest BCUT2D eigenvalue weighted by atomic mass is 35.5. The molecule has 3 rings (SSSR count). The summed E-state index contributed by atoms with van der Waals surface area (Å²) < 4.78 is 5.79. The Morgan fingerprint density at radius 2 is 1.52 bits per heavy atom. The maximum absolute atomic E-state index is 12.6. The van der Waals surface area contributed by atoms with E-state index in [2.05, 4.69) is 5.32 Å². The second kappa shape index (κ2) is 8.28. The van der Waals surface area contributed by atoms with Gasteiger partial charge in [0, 0.05) is 15.1 Å². The molecule has 138 valence electrons. The summed E-state index contributed by atoms with van der Waals surface area (Å²) in [6.07, 6.45) is 0. The summed E-state index contributed by atoms with van der Waals surface area (Å²) in [5.41, 5.74) is 0.225. The summed E-state index contributed by atoms with van der Waals surface area (Å²) in [6, 6.07) is 14.1. The molecule has 0 atom stereocenters. The number of phenols is 1. The first-order valence-electron chi connectivity index (χ1n) is 7.56. The lowest BCUT2D eigenvalue weighted by Crippen LogP contribution is -2.13. The Balaban J connectivity index is 1.91. The van der Waals surface area contributed by atoms with Crippen LogP contribution in [0.1, 0.15) is 10.4 Å². The lowest BCUT2D eigenvalue weighted by molar-refractivity contribution is 0.102. The molecular weight excluding hydrogens is 432 g/mol. The van der Waals surface area contributed by atoms with Crippen LogP contribution in [0.3, 0.4) is 0 Å². The van der Waals surface area contributed by atoms with Crippen molar-refractivity contribution in [2.75, 3.05) is 5.32 Å². The first-order valence-corrected chi connectivity index (χ1v) is 9.07. The summed E-state index contributed by atoms with van der Waals surface area (Å²) in [7, 11) is 0. The zero-order chi connectivity index (χ0) is 19.6. The smallest absolute Gasteiger partial charge is 0.259 e. The third-order valence-electron chi connectivity index (χ3n) is 3.50. The van der Waals surface area contributed by atoms with Crippen molar-refractivity contribution in [2.24, 2.45) is 0 Å². The zero-order valence-electron chi connectivity index (χ0n) is 13.5. The number of anilines is 1. The molecule has 0 spiro atoms. The van der Waals surface area contributed by atoms with E-state index in [4.69, 9.17) is 51.1 Å². The van der Waals surface area contributed by atoms with Gasteiger partial charge < -0.3 is 15.2 Å². The fourth-order valence-electron chi connectivity index (χ4n) is 2.25. The number of carbonyl (C=O) groups excluding carboxylic acids is 1. The molecule has 0 aliphatic carbocycles. The van der Waals surface area contributed by atoms with Crippen LogP contribution in [0, 0.1) is 0 Å². The van der Waals surface area contributed by atoms with Crippen molar-refractivity contribution in [1.82, 2.24) is 0 Å². The van der Waals surface area contributed by atoms with E-state index in [1.165, 1.54) is 18.2 Å². The number of hydrogen-bond acceptors (Lipinski definition) is 3. The van der Waals surface area contributed by atoms with E-state index in [9.17, 15) is 9.90 Å². The molecule has 0 saturated carbocycles. The number of ether oxygens (including phenoxy) is 1. The predicted molar refractivity (Wildman–Crippen MR) is 109 cm³/mol. The number of amides is 1. The molecule has 0 aliphatic heterocycles. The normalized spacial score (nSPS) is 10.5. The Bertz CT molecular complexity index is 1010. The molecule has 0 fully saturated rings. The van der Waals surface area contributed by atoms with E-state index in [1.807, 2.05) is 0 Å². The summed E-state index contributed by atoms with van der Waals surface area (Å²) in [5, 5.41) is 13.8. The molecule has 4 nitrogen and oxygen atoms in total. The minimum Gasteiger partial charge on any atom is -0.506 e. The number of phenolic OH excluding ortho intramolecular Hbond substituents is 1. The number of aromatic hydroxyl groups is 1. The van der Waals surface area contributed by atoms with E-state index in [1.54, 1.807) is 36.4 Å². The molecule has 27 heavy (non-hydrogen) atoms. The van der Waals surface area contributed by atoms with Crippen molar-refractivity contribution in [3.05, 3.63) is 80.3 Å². The largest absolute Gasteiger partial charge is 0.506 e. The van der Waals surface area contributed by atoms with Gasteiger partial charge in [0.1, 0.15) is 11.5 Å². The first kappa shape index (κ1) is 19.6. The molecule has 1 amide bonds. The highest BCUT2D eigenvalue weighted by Gasteiger charge is 2.17. The van der Waals surface area contributed by atoms with E-state index in [-0.39, 0.29) is 21.4 Å². The minimum absolute atomic E-state index is 0.0311. The summed E-state index contributed by atoms with van der Waals surface area (Å²) in [5.74, 6) is -0.130. The second-order valence-corrected chi connectivity index (χ2v) is 7.15. The molecule has 8 heteroatoms. The summed E-state index contributed by atoms with van der Waals surface area (Å²) in [6.45, 7) is 0. The first-order chi connectivity index (χ1) is 12.8. The van der Waals surface area contributed by atoms with Gasteiger partial charge >= 0.3 is 0 Å². The van der Waals surface area contributed by atoms with Crippen molar-refractivity contribution in [3.63, 3.8) is 0 Å². The van der Waals surface area contributed by atoms with Crippen LogP contribution in [0.2, 0.25) is 20.1 Å². The SMILES string of the molecule is O=C(Nc1cc(Cl)ccc1Oc1ccc(Cl)cc1)c1cc(Cl)cc(Cl)c1O. The van der Waals surface area contributed by atoms with Crippen LogP contribution >= 0.6 is 46.4 Å². The maximum atomic E-state index is 12.6. The van der Waals surface area contributed by atoms with Crippen molar-refractivity contribution >= 4 is 58.0 Å². The van der Waals surface area contributed by atoms with Crippen LogP contribution in [0.15, 0.2) is 54.6 Å². The van der Waals surface area contributed by atoms with Gasteiger partial charge in [0.25, 0.3) is 5.91 Å². The third kappa shape index (κ3) is 4.79. The number of benzene rings is 3. The molecular formula is C19H11Cl4NO3. The fraction of sp³-hybridized carbons (Fsp3) is 0. The van der Waals surface area contributed by atoms with Crippen LogP contribution in [0.25, 0.3) is 0 Å². The lowest BCUT2D eigenvalue weighted by Gasteiger charge is -2.14. The number of rotatable bonds is 4. The van der Waals surface area contributed by atoms with Gasteiger partial charge in [-0.15, -0.1) is 0 Å². The molecule has 3 aromatic carbocycles. The van der Waals surface area contributed by atoms with E-state index in [0.717, 1.165) is 0 Å². The molecule has 0 unspecified atom stereocenters. The van der Waals surface area contributed by atoms with Crippen LogP contribution in [0.5, 0.6) is 17.2 Å². The monoisotopic (exact) mass is 441 g/mol. The Kier molecular flexibility index (Phi) is 6.02. The molecule has 3 aromatic rings. The van der Waals surface area contributed by atoms with Gasteiger partial charge in [0.15, 0.2) is 5.75 Å². The van der Waals surface area contributed by atoms with E-state index >= 15 is 0 Å². The van der Waals surface area contributed by atoms with Crippen molar-refractivity contribution in [1.29, 1.82) is 0 Å². The van der Waals surface area contributed by atoms with Gasteiger partial charge in [-0.2, -0.15) is 0 Å². The predicted octanol–water partition coefficient (Wildman–Crippen LogP) is 7.05. The summed E-state index contributed by atoms with van der Waals surface area (Å²) >= 11 is 23.7. The van der Waals surface area contributed by atoms with Crippen LogP contribution in [-0.4, -0.2) is 11.0 Å². The van der Waals surface area contributed by atoms with E-state index < -0.39 is 5.91 Å². The molecule has 0 bridgehead atoms. The standard InChI is InChI=1S/C19H11Cl4NO3/c20-10-1-4-13(5-2-10)27-17-6-3-11(21)9-16(17)24-19(26)14-7-12(22)8-15(23)18(14)25/h1-9,25H,(H,24,26). The van der Waals surface area contributed by atoms with Crippen molar-refractivity contribution in [3.8, 4) is 17.2 Å². The number of nitrogens with one attached hydrogen (secondary N) is 1. The minimum atomic E-state index is -0.625. The van der Waals surface area contributed by atoms with Crippen LogP contribution in [-0.2, 0) is 0 Å². The maximum Gasteiger partial charge on any atom is 0.259 e. The molecule has 0 aromatic heterocycles. The molecule has 0 saturated heterocycles. The molecule has 0 heterocycles. The quantitative estimate of drug-likeness (QED) is 0.455. The molecule has 0 aliphatic rings.